The Hall–Kier alpha value is -0.480. The van der Waals surface area contributed by atoms with Crippen molar-refractivity contribution in [2.45, 2.75) is 70.8 Å². The third-order valence-corrected chi connectivity index (χ3v) is 3.54. The van der Waals surface area contributed by atoms with Crippen LogP contribution in [0.15, 0.2) is 6.20 Å². The molecule has 4 heteroatoms. The van der Waals surface area contributed by atoms with E-state index in [1.807, 2.05) is 0 Å². The number of unbranched alkanes of at least 4 members (excludes halogenated alkanes) is 7. The lowest BCUT2D eigenvalue weighted by molar-refractivity contribution is 0.159. The van der Waals surface area contributed by atoms with Crippen molar-refractivity contribution in [3.63, 3.8) is 0 Å². The number of hydrogen-bond donors (Lipinski definition) is 1. The van der Waals surface area contributed by atoms with E-state index < -0.39 is 6.10 Å². The summed E-state index contributed by atoms with van der Waals surface area (Å²) in [6.07, 6.45) is 12.5. The van der Waals surface area contributed by atoms with Crippen molar-refractivity contribution in [2.75, 3.05) is 0 Å². The average Bonchev–Trinajstić information content (AvgIpc) is 2.86. The van der Waals surface area contributed by atoms with Gasteiger partial charge in [0.25, 0.3) is 0 Å². The Morgan fingerprint density at radius 3 is 2.35 bits per heavy atom. The van der Waals surface area contributed by atoms with Crippen LogP contribution in [-0.2, 0) is 0 Å². The number of rotatable bonds is 10. The van der Waals surface area contributed by atoms with E-state index in [1.165, 1.54) is 44.9 Å². The van der Waals surface area contributed by atoms with Gasteiger partial charge in [-0.3, -0.25) is 0 Å². The first-order valence-corrected chi connectivity index (χ1v) is 7.53. The molecule has 0 bridgehead atoms. The van der Waals surface area contributed by atoms with E-state index in [1.54, 1.807) is 6.20 Å². The minimum atomic E-state index is -0.408. The Kier molecular flexibility index (Phi) is 8.18. The summed E-state index contributed by atoms with van der Waals surface area (Å²) in [6.45, 7) is 2.24. The Balaban J connectivity index is 1.90. The summed E-state index contributed by atoms with van der Waals surface area (Å²) in [6, 6.07) is 0. The van der Waals surface area contributed by atoms with E-state index in [4.69, 9.17) is 0 Å². The van der Waals surface area contributed by atoms with Gasteiger partial charge in [-0.2, -0.15) is 8.75 Å². The van der Waals surface area contributed by atoms with Gasteiger partial charge in [-0.25, -0.2) is 0 Å². The fraction of sp³-hybridized carbons (Fsp3) is 0.846. The van der Waals surface area contributed by atoms with Crippen LogP contribution in [0.1, 0.15) is 76.5 Å². The first-order valence-electron chi connectivity index (χ1n) is 6.80. The maximum atomic E-state index is 9.79. The summed E-state index contributed by atoms with van der Waals surface area (Å²) in [5.41, 5.74) is 0.734. The third kappa shape index (κ3) is 6.74. The largest absolute Gasteiger partial charge is 0.387 e. The van der Waals surface area contributed by atoms with E-state index >= 15 is 0 Å². The van der Waals surface area contributed by atoms with Crippen LogP contribution in [0.5, 0.6) is 0 Å². The van der Waals surface area contributed by atoms with E-state index in [9.17, 15) is 5.11 Å². The van der Waals surface area contributed by atoms with Crippen LogP contribution >= 0.6 is 11.7 Å². The summed E-state index contributed by atoms with van der Waals surface area (Å²) in [7, 11) is 0. The third-order valence-electron chi connectivity index (χ3n) is 3.05. The summed E-state index contributed by atoms with van der Waals surface area (Å²) in [4.78, 5) is 0. The van der Waals surface area contributed by atoms with Gasteiger partial charge in [0.1, 0.15) is 5.69 Å². The standard InChI is InChI=1S/C13H24N2OS/c1-2-3-4-5-6-7-8-9-10-13(16)12-11-14-17-15-12/h11,13,16H,2-10H2,1H3. The Labute approximate surface area is 109 Å². The lowest BCUT2D eigenvalue weighted by Gasteiger charge is -2.06. The maximum Gasteiger partial charge on any atom is 0.103 e. The molecule has 0 spiro atoms. The Bertz CT molecular complexity index is 264. The molecule has 0 saturated heterocycles. The topological polar surface area (TPSA) is 46.0 Å². The van der Waals surface area contributed by atoms with E-state index in [0.717, 1.165) is 30.3 Å². The van der Waals surface area contributed by atoms with Gasteiger partial charge in [-0.15, -0.1) is 0 Å². The first-order chi connectivity index (χ1) is 8.34. The molecular weight excluding hydrogens is 232 g/mol. The van der Waals surface area contributed by atoms with E-state index in [2.05, 4.69) is 15.7 Å². The van der Waals surface area contributed by atoms with Crippen molar-refractivity contribution in [1.29, 1.82) is 0 Å². The van der Waals surface area contributed by atoms with Crippen LogP contribution in [-0.4, -0.2) is 13.9 Å². The number of aliphatic hydroxyl groups excluding tert-OH is 1. The predicted octanol–water partition coefficient (Wildman–Crippen LogP) is 4.10. The Morgan fingerprint density at radius 2 is 1.76 bits per heavy atom. The molecule has 1 heterocycles. The van der Waals surface area contributed by atoms with Gasteiger partial charge in [0.2, 0.25) is 0 Å². The lowest BCUT2D eigenvalue weighted by atomic mass is 10.0. The van der Waals surface area contributed by atoms with Crippen LogP contribution < -0.4 is 0 Å². The number of aliphatic hydroxyl groups is 1. The summed E-state index contributed by atoms with van der Waals surface area (Å²) in [5, 5.41) is 9.79. The van der Waals surface area contributed by atoms with Gasteiger partial charge < -0.3 is 5.11 Å². The fourth-order valence-corrected chi connectivity index (χ4v) is 2.40. The molecule has 0 aromatic carbocycles. The number of aromatic nitrogens is 2. The van der Waals surface area contributed by atoms with Gasteiger partial charge in [0.05, 0.1) is 24.0 Å². The van der Waals surface area contributed by atoms with Crippen LogP contribution in [0.3, 0.4) is 0 Å². The van der Waals surface area contributed by atoms with Crippen LogP contribution in [0, 0.1) is 0 Å². The van der Waals surface area contributed by atoms with Crippen molar-refractivity contribution in [3.8, 4) is 0 Å². The zero-order chi connectivity index (χ0) is 12.3. The summed E-state index contributed by atoms with van der Waals surface area (Å²) < 4.78 is 7.95. The molecule has 3 nitrogen and oxygen atoms in total. The van der Waals surface area contributed by atoms with Gasteiger partial charge >= 0.3 is 0 Å². The molecule has 1 N–H and O–H groups in total. The molecule has 0 aliphatic carbocycles. The van der Waals surface area contributed by atoms with E-state index in [0.29, 0.717) is 0 Å². The smallest absolute Gasteiger partial charge is 0.103 e. The summed E-state index contributed by atoms with van der Waals surface area (Å²) >= 11 is 1.16. The van der Waals surface area contributed by atoms with Crippen LogP contribution in [0.4, 0.5) is 0 Å². The number of hydrogen-bond acceptors (Lipinski definition) is 4. The lowest BCUT2D eigenvalue weighted by Crippen LogP contribution is -1.97. The zero-order valence-corrected chi connectivity index (χ0v) is 11.6. The SMILES string of the molecule is CCCCCCCCCCC(O)c1cnsn1. The normalized spacial score (nSPS) is 12.8. The molecule has 1 aromatic rings. The molecule has 0 amide bonds. The summed E-state index contributed by atoms with van der Waals surface area (Å²) in [5.74, 6) is 0. The molecule has 0 fully saturated rings. The molecular formula is C13H24N2OS. The molecule has 17 heavy (non-hydrogen) atoms. The molecule has 1 rings (SSSR count). The van der Waals surface area contributed by atoms with Crippen LogP contribution in [0.2, 0.25) is 0 Å². The first kappa shape index (κ1) is 14.6. The van der Waals surface area contributed by atoms with Crippen molar-refractivity contribution in [1.82, 2.24) is 8.75 Å². The highest BCUT2D eigenvalue weighted by Gasteiger charge is 2.09. The molecule has 0 saturated carbocycles. The average molecular weight is 256 g/mol. The second-order valence-electron chi connectivity index (χ2n) is 4.61. The monoisotopic (exact) mass is 256 g/mol. The maximum absolute atomic E-state index is 9.79. The highest BCUT2D eigenvalue weighted by molar-refractivity contribution is 6.99. The quantitative estimate of drug-likeness (QED) is 0.641. The van der Waals surface area contributed by atoms with Gasteiger partial charge in [0.15, 0.2) is 0 Å². The van der Waals surface area contributed by atoms with Crippen LogP contribution in [0.25, 0.3) is 0 Å². The van der Waals surface area contributed by atoms with Crippen molar-refractivity contribution in [3.05, 3.63) is 11.9 Å². The van der Waals surface area contributed by atoms with E-state index in [-0.39, 0.29) is 0 Å². The minimum Gasteiger partial charge on any atom is -0.387 e. The van der Waals surface area contributed by atoms with Gasteiger partial charge in [0, 0.05) is 0 Å². The van der Waals surface area contributed by atoms with Crippen molar-refractivity contribution in [2.24, 2.45) is 0 Å². The van der Waals surface area contributed by atoms with Crippen molar-refractivity contribution >= 4 is 11.7 Å². The molecule has 1 unspecified atom stereocenters. The fourth-order valence-electron chi connectivity index (χ4n) is 1.94. The zero-order valence-electron chi connectivity index (χ0n) is 10.8. The second kappa shape index (κ2) is 9.54. The van der Waals surface area contributed by atoms with Gasteiger partial charge in [-0.1, -0.05) is 58.3 Å². The molecule has 98 valence electrons. The molecule has 0 aliphatic rings. The predicted molar refractivity (Wildman–Crippen MR) is 72.1 cm³/mol. The molecule has 0 radical (unpaired) electrons. The molecule has 0 aliphatic heterocycles. The highest BCUT2D eigenvalue weighted by Crippen LogP contribution is 2.18. The van der Waals surface area contributed by atoms with Gasteiger partial charge in [-0.05, 0) is 6.42 Å². The minimum absolute atomic E-state index is 0.408. The number of nitrogens with zero attached hydrogens (tertiary/aromatic N) is 2. The molecule has 1 atom stereocenters. The second-order valence-corrected chi connectivity index (χ2v) is 5.17. The van der Waals surface area contributed by atoms with Crippen molar-refractivity contribution < 1.29 is 5.11 Å². The highest BCUT2D eigenvalue weighted by atomic mass is 32.1. The molecule has 1 aromatic heterocycles. The Morgan fingerprint density at radius 1 is 1.12 bits per heavy atom.